The van der Waals surface area contributed by atoms with Gasteiger partial charge in [0, 0.05) is 18.3 Å². The van der Waals surface area contributed by atoms with Crippen LogP contribution in [0.25, 0.3) is 0 Å². The number of rotatable bonds is 1. The molecule has 4 rings (SSSR count). The third-order valence-electron chi connectivity index (χ3n) is 4.67. The Morgan fingerprint density at radius 3 is 2.88 bits per heavy atom. The monoisotopic (exact) mass is 322 g/mol. The number of allylic oxidation sites excluding steroid dienone is 1. The average molecular weight is 322 g/mol. The van der Waals surface area contributed by atoms with Gasteiger partial charge in [-0.25, -0.2) is 13.8 Å². The number of halogens is 2. The lowest BCUT2D eigenvalue weighted by atomic mass is 10.0. The quantitative estimate of drug-likeness (QED) is 0.584. The molecule has 1 saturated heterocycles. The van der Waals surface area contributed by atoms with Gasteiger partial charge in [0.05, 0.1) is 11.6 Å². The van der Waals surface area contributed by atoms with E-state index in [9.17, 15) is 8.78 Å². The largest absolute Gasteiger partial charge is 0.350 e. The van der Waals surface area contributed by atoms with E-state index in [1.165, 1.54) is 6.42 Å². The predicted molar refractivity (Wildman–Crippen MR) is 89.6 cm³/mol. The second kappa shape index (κ2) is 6.09. The molecule has 2 aromatic rings. The van der Waals surface area contributed by atoms with Gasteiger partial charge in [-0.15, -0.1) is 0 Å². The fraction of sp³-hybridized carbons (Fsp3) is 0.250. The van der Waals surface area contributed by atoms with Crippen molar-refractivity contribution in [1.82, 2.24) is 4.98 Å². The van der Waals surface area contributed by atoms with Crippen molar-refractivity contribution < 1.29 is 8.78 Å². The van der Waals surface area contributed by atoms with Crippen molar-refractivity contribution in [3.8, 4) is 11.8 Å². The third kappa shape index (κ3) is 2.78. The van der Waals surface area contributed by atoms with E-state index >= 15 is 0 Å². The maximum atomic E-state index is 13.6. The van der Waals surface area contributed by atoms with Crippen molar-refractivity contribution in [3.63, 3.8) is 0 Å². The van der Waals surface area contributed by atoms with Crippen LogP contribution in [0.2, 0.25) is 0 Å². The van der Waals surface area contributed by atoms with Gasteiger partial charge in [0.25, 0.3) is 0 Å². The van der Waals surface area contributed by atoms with Gasteiger partial charge in [-0.2, -0.15) is 0 Å². The number of fused-ring (bicyclic) bond motifs is 1. The number of benzene rings is 1. The van der Waals surface area contributed by atoms with Gasteiger partial charge in [0.1, 0.15) is 17.5 Å². The van der Waals surface area contributed by atoms with Crippen LogP contribution in [0.15, 0.2) is 48.7 Å². The first kappa shape index (κ1) is 14.9. The molecule has 0 saturated carbocycles. The molecule has 0 radical (unpaired) electrons. The smallest absolute Gasteiger partial charge is 0.139 e. The summed E-state index contributed by atoms with van der Waals surface area (Å²) in [4.78, 5) is 6.81. The number of aromatic nitrogens is 1. The molecule has 0 amide bonds. The summed E-state index contributed by atoms with van der Waals surface area (Å²) in [5.74, 6) is 6.14. The van der Waals surface area contributed by atoms with E-state index in [0.29, 0.717) is 17.5 Å². The Balaban J connectivity index is 1.54. The van der Waals surface area contributed by atoms with Crippen molar-refractivity contribution in [2.45, 2.75) is 18.9 Å². The van der Waals surface area contributed by atoms with E-state index in [0.717, 1.165) is 37.0 Å². The Labute approximate surface area is 139 Å². The Morgan fingerprint density at radius 1 is 1.12 bits per heavy atom. The molecule has 2 aliphatic rings. The second-order valence-corrected chi connectivity index (χ2v) is 6.18. The summed E-state index contributed by atoms with van der Waals surface area (Å²) in [6.07, 6.45) is 8.55. The van der Waals surface area contributed by atoms with Crippen molar-refractivity contribution in [2.24, 2.45) is 5.92 Å². The first-order valence-electron chi connectivity index (χ1n) is 8.07. The summed E-state index contributed by atoms with van der Waals surface area (Å²) in [5.41, 5.74) is 0.734. The summed E-state index contributed by atoms with van der Waals surface area (Å²) >= 11 is 0. The zero-order valence-corrected chi connectivity index (χ0v) is 13.0. The van der Waals surface area contributed by atoms with Gasteiger partial charge < -0.3 is 4.90 Å². The minimum Gasteiger partial charge on any atom is -0.350 e. The molecule has 1 aliphatic heterocycles. The molecule has 4 heteroatoms. The SMILES string of the molecule is Fc1ccc(F)c(C#Cc2ccc(N3CC[C@H]4CC=C[C@@H]43)nc2)c1. The lowest BCUT2D eigenvalue weighted by Crippen LogP contribution is -2.29. The predicted octanol–water partition coefficient (Wildman–Crippen LogP) is 3.91. The van der Waals surface area contributed by atoms with E-state index in [4.69, 9.17) is 0 Å². The average Bonchev–Trinajstić information content (AvgIpc) is 3.20. The van der Waals surface area contributed by atoms with Crippen LogP contribution in [0, 0.1) is 29.4 Å². The summed E-state index contributed by atoms with van der Waals surface area (Å²) in [6.45, 7) is 1.02. The zero-order valence-electron chi connectivity index (χ0n) is 13.0. The Hall–Kier alpha value is -2.67. The molecule has 2 atom stereocenters. The third-order valence-corrected chi connectivity index (χ3v) is 4.67. The highest BCUT2D eigenvalue weighted by Crippen LogP contribution is 2.35. The summed E-state index contributed by atoms with van der Waals surface area (Å²) in [7, 11) is 0. The van der Waals surface area contributed by atoms with Gasteiger partial charge in [0.2, 0.25) is 0 Å². The van der Waals surface area contributed by atoms with Gasteiger partial charge in [-0.05, 0) is 49.1 Å². The molecule has 0 bridgehead atoms. The Morgan fingerprint density at radius 2 is 2.04 bits per heavy atom. The Kier molecular flexibility index (Phi) is 3.78. The molecule has 0 N–H and O–H groups in total. The molecule has 1 aliphatic carbocycles. The van der Waals surface area contributed by atoms with Crippen LogP contribution in [-0.2, 0) is 0 Å². The highest BCUT2D eigenvalue weighted by Gasteiger charge is 2.34. The second-order valence-electron chi connectivity index (χ2n) is 6.18. The fourth-order valence-corrected chi connectivity index (χ4v) is 3.42. The minimum absolute atomic E-state index is 0.0533. The van der Waals surface area contributed by atoms with Gasteiger partial charge in [-0.3, -0.25) is 0 Å². The van der Waals surface area contributed by atoms with E-state index in [1.54, 1.807) is 6.20 Å². The topological polar surface area (TPSA) is 16.1 Å². The van der Waals surface area contributed by atoms with Crippen LogP contribution >= 0.6 is 0 Å². The fourth-order valence-electron chi connectivity index (χ4n) is 3.42. The molecule has 1 fully saturated rings. The van der Waals surface area contributed by atoms with Crippen LogP contribution in [-0.4, -0.2) is 17.6 Å². The standard InChI is InChI=1S/C20H16F2N2/c21-17-7-8-18(22)16(12-17)6-4-14-5-9-20(23-13-14)24-11-10-15-2-1-3-19(15)24/h1,3,5,7-9,12-13,15,19H,2,10-11H2/t15-,19+/m1/s1. The molecule has 24 heavy (non-hydrogen) atoms. The van der Waals surface area contributed by atoms with Crippen LogP contribution in [0.3, 0.4) is 0 Å². The first-order chi connectivity index (χ1) is 11.7. The van der Waals surface area contributed by atoms with Crippen molar-refractivity contribution in [2.75, 3.05) is 11.4 Å². The van der Waals surface area contributed by atoms with Crippen molar-refractivity contribution in [1.29, 1.82) is 0 Å². The Bertz CT molecular complexity index is 846. The summed E-state index contributed by atoms with van der Waals surface area (Å²) in [5, 5.41) is 0. The molecular weight excluding hydrogens is 306 g/mol. The van der Waals surface area contributed by atoms with Crippen molar-refractivity contribution in [3.05, 3.63) is 71.4 Å². The molecular formula is C20H16F2N2. The molecule has 2 heterocycles. The molecule has 0 unspecified atom stereocenters. The number of nitrogens with zero attached hydrogens (tertiary/aromatic N) is 2. The van der Waals surface area contributed by atoms with Crippen LogP contribution in [0.1, 0.15) is 24.0 Å². The van der Waals surface area contributed by atoms with Crippen molar-refractivity contribution >= 4 is 5.82 Å². The van der Waals surface area contributed by atoms with Gasteiger partial charge >= 0.3 is 0 Å². The molecule has 1 aromatic heterocycles. The van der Waals surface area contributed by atoms with E-state index in [1.807, 2.05) is 12.1 Å². The van der Waals surface area contributed by atoms with Gasteiger partial charge in [0.15, 0.2) is 0 Å². The van der Waals surface area contributed by atoms with Crippen LogP contribution in [0.5, 0.6) is 0 Å². The van der Waals surface area contributed by atoms with Gasteiger partial charge in [-0.1, -0.05) is 24.0 Å². The number of anilines is 1. The number of hydrogen-bond acceptors (Lipinski definition) is 2. The summed E-state index contributed by atoms with van der Waals surface area (Å²) in [6, 6.07) is 7.54. The molecule has 2 nitrogen and oxygen atoms in total. The lowest BCUT2D eigenvalue weighted by Gasteiger charge is -2.23. The van der Waals surface area contributed by atoms with Crippen LogP contribution < -0.4 is 4.90 Å². The first-order valence-corrected chi connectivity index (χ1v) is 8.07. The highest BCUT2D eigenvalue weighted by molar-refractivity contribution is 5.49. The van der Waals surface area contributed by atoms with Crippen LogP contribution in [0.4, 0.5) is 14.6 Å². The lowest BCUT2D eigenvalue weighted by molar-refractivity contribution is 0.566. The van der Waals surface area contributed by atoms with E-state index < -0.39 is 11.6 Å². The zero-order chi connectivity index (χ0) is 16.5. The minimum atomic E-state index is -0.524. The molecule has 1 aromatic carbocycles. The van der Waals surface area contributed by atoms with E-state index in [-0.39, 0.29) is 5.56 Å². The number of hydrogen-bond donors (Lipinski definition) is 0. The maximum Gasteiger partial charge on any atom is 0.139 e. The van der Waals surface area contributed by atoms with E-state index in [2.05, 4.69) is 33.9 Å². The molecule has 0 spiro atoms. The molecule has 120 valence electrons. The number of pyridine rings is 1. The highest BCUT2D eigenvalue weighted by atomic mass is 19.1. The summed E-state index contributed by atoms with van der Waals surface area (Å²) < 4.78 is 26.7. The maximum absolute atomic E-state index is 13.6. The normalized spacial score (nSPS) is 21.5.